The summed E-state index contributed by atoms with van der Waals surface area (Å²) in [6, 6.07) is 1.65. The minimum atomic E-state index is -4.54. The fraction of sp³-hybridized carbons (Fsp3) is 0.462. The summed E-state index contributed by atoms with van der Waals surface area (Å²) in [7, 11) is 1.25. The van der Waals surface area contributed by atoms with Crippen molar-refractivity contribution < 1.29 is 22.7 Å². The maximum absolute atomic E-state index is 12.8. The van der Waals surface area contributed by atoms with Gasteiger partial charge in [0.15, 0.2) is 0 Å². The monoisotopic (exact) mass is 388 g/mol. The van der Waals surface area contributed by atoms with Crippen LogP contribution in [0.2, 0.25) is 10.0 Å². The molecule has 0 saturated carbocycles. The first kappa shape index (κ1) is 18.4. The lowest BCUT2D eigenvalue weighted by Gasteiger charge is -2.38. The number of carbonyl (C=O) groups is 1. The van der Waals surface area contributed by atoms with E-state index in [0.717, 1.165) is 24.3 Å². The molecule has 1 heterocycles. The zero-order valence-electron chi connectivity index (χ0n) is 12.2. The Morgan fingerprint density at radius 3 is 2.35 bits per heavy atom. The second-order valence-corrected chi connectivity index (χ2v) is 6.92. The molecule has 1 atom stereocenters. The first-order valence-electron chi connectivity index (χ1n) is 6.50. The van der Waals surface area contributed by atoms with Gasteiger partial charge in [-0.05, 0) is 18.1 Å². The van der Waals surface area contributed by atoms with Crippen molar-refractivity contribution in [3.63, 3.8) is 0 Å². The lowest BCUT2D eigenvalue weighted by molar-refractivity contribution is -0.137. The molecule has 0 bridgehead atoms. The van der Waals surface area contributed by atoms with Gasteiger partial charge in [0, 0.05) is 13.1 Å². The maximum atomic E-state index is 12.8. The van der Waals surface area contributed by atoms with Gasteiger partial charge in [-0.2, -0.15) is 13.2 Å². The summed E-state index contributed by atoms with van der Waals surface area (Å²) in [4.78, 5) is 11.7. The standard InChI is InChI=1S/C13H13Cl2F3N2O2S/c1-7-5-19(23-20(6-7)12(21)22-2)11-9(14)3-8(4-10(11)15)13(16,17)18/h3-4,7H,5-6H2,1-2H3. The first-order valence-corrected chi connectivity index (χ1v) is 7.99. The number of amides is 1. The van der Waals surface area contributed by atoms with Crippen LogP contribution in [-0.2, 0) is 10.9 Å². The van der Waals surface area contributed by atoms with Crippen LogP contribution in [-0.4, -0.2) is 30.6 Å². The van der Waals surface area contributed by atoms with E-state index in [2.05, 4.69) is 4.74 Å². The van der Waals surface area contributed by atoms with E-state index in [-0.39, 0.29) is 21.7 Å². The van der Waals surface area contributed by atoms with Gasteiger partial charge < -0.3 is 4.74 Å². The number of hydrogen-bond acceptors (Lipinski definition) is 4. The summed E-state index contributed by atoms with van der Waals surface area (Å²) < 4.78 is 46.0. The molecular formula is C13H13Cl2F3N2O2S. The van der Waals surface area contributed by atoms with Gasteiger partial charge in [0.05, 0.1) is 40.5 Å². The van der Waals surface area contributed by atoms with E-state index < -0.39 is 17.8 Å². The lowest BCUT2D eigenvalue weighted by Crippen LogP contribution is -2.42. The van der Waals surface area contributed by atoms with Crippen LogP contribution in [0.3, 0.4) is 0 Å². The van der Waals surface area contributed by atoms with Gasteiger partial charge in [-0.3, -0.25) is 4.31 Å². The van der Waals surface area contributed by atoms with Gasteiger partial charge in [0.25, 0.3) is 0 Å². The molecule has 0 aliphatic carbocycles. The molecule has 1 amide bonds. The molecule has 10 heteroatoms. The Morgan fingerprint density at radius 2 is 1.87 bits per heavy atom. The second kappa shape index (κ2) is 6.86. The fourth-order valence-electron chi connectivity index (χ4n) is 2.12. The average molecular weight is 389 g/mol. The van der Waals surface area contributed by atoms with Gasteiger partial charge in [-0.25, -0.2) is 9.10 Å². The molecule has 1 aromatic rings. The Labute approximate surface area is 145 Å². The van der Waals surface area contributed by atoms with Crippen LogP contribution in [0.25, 0.3) is 0 Å². The van der Waals surface area contributed by atoms with Crippen LogP contribution < -0.4 is 4.31 Å². The molecule has 1 saturated heterocycles. The van der Waals surface area contributed by atoms with E-state index >= 15 is 0 Å². The zero-order valence-corrected chi connectivity index (χ0v) is 14.5. The lowest BCUT2D eigenvalue weighted by atomic mass is 10.1. The molecule has 128 valence electrons. The SMILES string of the molecule is COC(=O)N1CC(C)CN(c2c(Cl)cc(C(F)(F)F)cc2Cl)S1. The molecule has 23 heavy (non-hydrogen) atoms. The minimum absolute atomic E-state index is 0.0600. The van der Waals surface area contributed by atoms with Gasteiger partial charge in [-0.1, -0.05) is 30.1 Å². The maximum Gasteiger partial charge on any atom is 0.420 e. The highest BCUT2D eigenvalue weighted by Crippen LogP contribution is 2.44. The Balaban J connectivity index is 2.35. The first-order chi connectivity index (χ1) is 10.6. The van der Waals surface area contributed by atoms with Crippen LogP contribution in [0.5, 0.6) is 0 Å². The van der Waals surface area contributed by atoms with Gasteiger partial charge >= 0.3 is 12.3 Å². The Hall–Kier alpha value is -0.990. The topological polar surface area (TPSA) is 32.8 Å². The normalized spacial score (nSPS) is 19.0. The predicted molar refractivity (Wildman–Crippen MR) is 84.7 cm³/mol. The summed E-state index contributed by atoms with van der Waals surface area (Å²) in [6.07, 6.45) is -5.09. The molecule has 0 N–H and O–H groups in total. The average Bonchev–Trinajstić information content (AvgIpc) is 2.44. The van der Waals surface area contributed by atoms with Crippen molar-refractivity contribution in [1.29, 1.82) is 0 Å². The summed E-state index contributed by atoms with van der Waals surface area (Å²) >= 11 is 13.0. The van der Waals surface area contributed by atoms with E-state index in [1.165, 1.54) is 11.4 Å². The van der Waals surface area contributed by atoms with Crippen molar-refractivity contribution in [2.45, 2.75) is 13.1 Å². The number of anilines is 1. The van der Waals surface area contributed by atoms with E-state index in [1.807, 2.05) is 6.92 Å². The molecule has 1 aliphatic heterocycles. The van der Waals surface area contributed by atoms with Crippen molar-refractivity contribution in [2.24, 2.45) is 5.92 Å². The molecule has 0 aromatic heterocycles. The van der Waals surface area contributed by atoms with Crippen molar-refractivity contribution >= 4 is 47.1 Å². The van der Waals surface area contributed by atoms with Crippen LogP contribution >= 0.6 is 35.3 Å². The van der Waals surface area contributed by atoms with Gasteiger partial charge in [-0.15, -0.1) is 0 Å². The number of halogens is 5. The molecule has 1 unspecified atom stereocenters. The molecule has 0 radical (unpaired) electrons. The number of rotatable bonds is 1. The number of alkyl halides is 3. The molecule has 0 spiro atoms. The van der Waals surface area contributed by atoms with Crippen LogP contribution in [0.15, 0.2) is 12.1 Å². The molecular weight excluding hydrogens is 376 g/mol. The quantitative estimate of drug-likeness (QED) is 0.626. The molecule has 2 rings (SSSR count). The van der Waals surface area contributed by atoms with Gasteiger partial charge in [0.1, 0.15) is 0 Å². The number of ether oxygens (including phenoxy) is 1. The van der Waals surface area contributed by atoms with Crippen molar-refractivity contribution in [2.75, 3.05) is 24.5 Å². The fourth-order valence-corrected chi connectivity index (χ4v) is 4.21. The van der Waals surface area contributed by atoms with Gasteiger partial charge in [0.2, 0.25) is 0 Å². The highest BCUT2D eigenvalue weighted by atomic mass is 35.5. The highest BCUT2D eigenvalue weighted by Gasteiger charge is 2.35. The van der Waals surface area contributed by atoms with Crippen LogP contribution in [0, 0.1) is 5.92 Å². The summed E-state index contributed by atoms with van der Waals surface area (Å²) in [5.41, 5.74) is -0.678. The van der Waals surface area contributed by atoms with Crippen LogP contribution in [0.1, 0.15) is 12.5 Å². The molecule has 1 aromatic carbocycles. The summed E-state index contributed by atoms with van der Waals surface area (Å²) in [5.74, 6) is 0.0600. The third-order valence-corrected chi connectivity index (χ3v) is 4.72. The Kier molecular flexibility index (Phi) is 5.48. The van der Waals surface area contributed by atoms with E-state index in [1.54, 1.807) is 4.31 Å². The zero-order chi connectivity index (χ0) is 17.4. The van der Waals surface area contributed by atoms with Crippen molar-refractivity contribution in [3.8, 4) is 0 Å². The van der Waals surface area contributed by atoms with E-state index in [9.17, 15) is 18.0 Å². The predicted octanol–water partition coefficient (Wildman–Crippen LogP) is 5.10. The van der Waals surface area contributed by atoms with Crippen LogP contribution in [0.4, 0.5) is 23.7 Å². The largest absolute Gasteiger partial charge is 0.452 e. The number of nitrogens with zero attached hydrogens (tertiary/aromatic N) is 2. The highest BCUT2D eigenvalue weighted by molar-refractivity contribution is 7.98. The number of hydrogen-bond donors (Lipinski definition) is 0. The summed E-state index contributed by atoms with van der Waals surface area (Å²) in [6.45, 7) is 2.82. The Bertz CT molecular complexity index is 592. The van der Waals surface area contributed by atoms with Crippen molar-refractivity contribution in [3.05, 3.63) is 27.7 Å². The van der Waals surface area contributed by atoms with E-state index in [0.29, 0.717) is 13.1 Å². The Morgan fingerprint density at radius 1 is 1.30 bits per heavy atom. The second-order valence-electron chi connectivity index (χ2n) is 5.07. The van der Waals surface area contributed by atoms with E-state index in [4.69, 9.17) is 23.2 Å². The van der Waals surface area contributed by atoms with Crippen molar-refractivity contribution in [1.82, 2.24) is 4.31 Å². The smallest absolute Gasteiger partial charge is 0.420 e. The third kappa shape index (κ3) is 4.10. The molecule has 1 aliphatic rings. The summed E-state index contributed by atoms with van der Waals surface area (Å²) in [5, 5.41) is -0.257. The molecule has 4 nitrogen and oxygen atoms in total. The number of benzene rings is 1. The third-order valence-electron chi connectivity index (χ3n) is 3.12. The number of carbonyl (C=O) groups excluding carboxylic acids is 1. The molecule has 1 fully saturated rings. The minimum Gasteiger partial charge on any atom is -0.452 e. The number of methoxy groups -OCH3 is 1.